The summed E-state index contributed by atoms with van der Waals surface area (Å²) in [5.41, 5.74) is 0.643. The quantitative estimate of drug-likeness (QED) is 0.767. The highest BCUT2D eigenvalue weighted by Gasteiger charge is 2.36. The van der Waals surface area contributed by atoms with Crippen LogP contribution >= 0.6 is 0 Å². The standard InChI is InChI=1S/C13H26N2/c1-11(2)12-9-14-7-8-15(12)10-13(3)5-4-6-13/h11-12,14H,4-10H2,1-3H3. The van der Waals surface area contributed by atoms with E-state index in [2.05, 4.69) is 31.0 Å². The first kappa shape index (κ1) is 11.4. The topological polar surface area (TPSA) is 15.3 Å². The number of rotatable bonds is 3. The molecule has 1 unspecified atom stereocenters. The molecule has 1 aliphatic carbocycles. The fourth-order valence-electron chi connectivity index (χ4n) is 3.05. The number of hydrogen-bond acceptors (Lipinski definition) is 2. The fraction of sp³-hybridized carbons (Fsp3) is 1.00. The highest BCUT2D eigenvalue weighted by molar-refractivity contribution is 4.91. The van der Waals surface area contributed by atoms with Gasteiger partial charge in [0.1, 0.15) is 0 Å². The van der Waals surface area contributed by atoms with Gasteiger partial charge in [-0.15, -0.1) is 0 Å². The van der Waals surface area contributed by atoms with Crippen LogP contribution < -0.4 is 5.32 Å². The van der Waals surface area contributed by atoms with E-state index in [1.165, 1.54) is 45.4 Å². The first-order valence-electron chi connectivity index (χ1n) is 6.55. The molecule has 0 radical (unpaired) electrons. The van der Waals surface area contributed by atoms with Crippen LogP contribution in [0.25, 0.3) is 0 Å². The number of nitrogens with zero attached hydrogens (tertiary/aromatic N) is 1. The zero-order valence-corrected chi connectivity index (χ0v) is 10.6. The van der Waals surface area contributed by atoms with Gasteiger partial charge in [-0.05, 0) is 24.2 Å². The Bertz CT molecular complexity index is 209. The van der Waals surface area contributed by atoms with E-state index in [1.54, 1.807) is 0 Å². The second-order valence-corrected chi connectivity index (χ2v) is 6.15. The summed E-state index contributed by atoms with van der Waals surface area (Å²) in [4.78, 5) is 2.74. The summed E-state index contributed by atoms with van der Waals surface area (Å²) in [6.07, 6.45) is 4.35. The molecule has 2 heteroatoms. The Hall–Kier alpha value is -0.0800. The molecule has 1 heterocycles. The lowest BCUT2D eigenvalue weighted by atomic mass is 9.70. The zero-order chi connectivity index (χ0) is 10.9. The van der Waals surface area contributed by atoms with Crippen molar-refractivity contribution >= 4 is 0 Å². The van der Waals surface area contributed by atoms with Gasteiger partial charge in [-0.1, -0.05) is 27.2 Å². The monoisotopic (exact) mass is 210 g/mol. The molecule has 2 fully saturated rings. The summed E-state index contributed by atoms with van der Waals surface area (Å²) in [6.45, 7) is 12.1. The molecule has 0 aromatic carbocycles. The largest absolute Gasteiger partial charge is 0.314 e. The Morgan fingerprint density at radius 2 is 2.13 bits per heavy atom. The van der Waals surface area contributed by atoms with E-state index in [0.717, 1.165) is 12.0 Å². The molecule has 88 valence electrons. The zero-order valence-electron chi connectivity index (χ0n) is 10.6. The molecule has 0 bridgehead atoms. The Kier molecular flexibility index (Phi) is 3.36. The van der Waals surface area contributed by atoms with E-state index in [1.807, 2.05) is 0 Å². The van der Waals surface area contributed by atoms with Crippen molar-refractivity contribution in [2.45, 2.75) is 46.1 Å². The molecule has 2 rings (SSSR count). The predicted octanol–water partition coefficient (Wildman–Crippen LogP) is 2.11. The van der Waals surface area contributed by atoms with Crippen LogP contribution in [0, 0.1) is 11.3 Å². The molecule has 15 heavy (non-hydrogen) atoms. The lowest BCUT2D eigenvalue weighted by Crippen LogP contribution is -2.56. The van der Waals surface area contributed by atoms with Crippen molar-refractivity contribution in [3.63, 3.8) is 0 Å². The minimum atomic E-state index is 0.643. The van der Waals surface area contributed by atoms with Crippen LogP contribution in [0.15, 0.2) is 0 Å². The molecule has 1 aliphatic heterocycles. The van der Waals surface area contributed by atoms with Crippen molar-refractivity contribution in [1.29, 1.82) is 0 Å². The molecule has 1 saturated carbocycles. The van der Waals surface area contributed by atoms with Gasteiger partial charge in [0.25, 0.3) is 0 Å². The van der Waals surface area contributed by atoms with E-state index < -0.39 is 0 Å². The maximum absolute atomic E-state index is 3.53. The van der Waals surface area contributed by atoms with E-state index in [4.69, 9.17) is 0 Å². The molecule has 2 nitrogen and oxygen atoms in total. The molecule has 0 amide bonds. The van der Waals surface area contributed by atoms with Gasteiger partial charge in [-0.25, -0.2) is 0 Å². The van der Waals surface area contributed by atoms with Crippen molar-refractivity contribution in [2.75, 3.05) is 26.2 Å². The van der Waals surface area contributed by atoms with Crippen LogP contribution in [-0.2, 0) is 0 Å². The van der Waals surface area contributed by atoms with E-state index in [9.17, 15) is 0 Å². The molecule has 1 atom stereocenters. The Balaban J connectivity index is 1.92. The van der Waals surface area contributed by atoms with Crippen LogP contribution in [0.3, 0.4) is 0 Å². The van der Waals surface area contributed by atoms with Crippen molar-refractivity contribution in [3.8, 4) is 0 Å². The van der Waals surface area contributed by atoms with Crippen LogP contribution in [0.2, 0.25) is 0 Å². The van der Waals surface area contributed by atoms with Gasteiger partial charge in [0.05, 0.1) is 0 Å². The smallest absolute Gasteiger partial charge is 0.0244 e. The normalized spacial score (nSPS) is 31.6. The lowest BCUT2D eigenvalue weighted by molar-refractivity contribution is 0.0336. The van der Waals surface area contributed by atoms with E-state index in [0.29, 0.717) is 5.41 Å². The van der Waals surface area contributed by atoms with E-state index in [-0.39, 0.29) is 0 Å². The maximum atomic E-state index is 3.53. The summed E-state index contributed by atoms with van der Waals surface area (Å²) >= 11 is 0. The highest BCUT2D eigenvalue weighted by Crippen LogP contribution is 2.41. The Morgan fingerprint density at radius 3 is 2.67 bits per heavy atom. The number of hydrogen-bond donors (Lipinski definition) is 1. The molecule has 0 aromatic rings. The van der Waals surface area contributed by atoms with Gasteiger partial charge in [0, 0.05) is 32.2 Å². The van der Waals surface area contributed by atoms with Gasteiger partial charge >= 0.3 is 0 Å². The van der Waals surface area contributed by atoms with Crippen molar-refractivity contribution < 1.29 is 0 Å². The summed E-state index contributed by atoms with van der Waals surface area (Å²) in [5.74, 6) is 0.779. The minimum Gasteiger partial charge on any atom is -0.314 e. The van der Waals surface area contributed by atoms with E-state index >= 15 is 0 Å². The average molecular weight is 210 g/mol. The first-order valence-corrected chi connectivity index (χ1v) is 6.55. The summed E-state index contributed by atoms with van der Waals surface area (Å²) < 4.78 is 0. The van der Waals surface area contributed by atoms with Crippen LogP contribution in [0.5, 0.6) is 0 Å². The third kappa shape index (κ3) is 2.54. The van der Waals surface area contributed by atoms with Gasteiger partial charge in [0.2, 0.25) is 0 Å². The fourth-order valence-corrected chi connectivity index (χ4v) is 3.05. The van der Waals surface area contributed by atoms with Gasteiger partial charge in [-0.2, -0.15) is 0 Å². The minimum absolute atomic E-state index is 0.643. The molecular weight excluding hydrogens is 184 g/mol. The Morgan fingerprint density at radius 1 is 1.40 bits per heavy atom. The van der Waals surface area contributed by atoms with Crippen LogP contribution in [0.1, 0.15) is 40.0 Å². The lowest BCUT2D eigenvalue weighted by Gasteiger charge is -2.47. The number of piperazine rings is 1. The SMILES string of the molecule is CC(C)C1CNCCN1CC1(C)CCC1. The van der Waals surface area contributed by atoms with Gasteiger partial charge < -0.3 is 5.32 Å². The highest BCUT2D eigenvalue weighted by atomic mass is 15.2. The van der Waals surface area contributed by atoms with Crippen molar-refractivity contribution in [2.24, 2.45) is 11.3 Å². The van der Waals surface area contributed by atoms with Crippen LogP contribution in [0.4, 0.5) is 0 Å². The molecule has 1 N–H and O–H groups in total. The van der Waals surface area contributed by atoms with Crippen LogP contribution in [-0.4, -0.2) is 37.1 Å². The molecule has 0 aromatic heterocycles. The van der Waals surface area contributed by atoms with Crippen molar-refractivity contribution in [1.82, 2.24) is 10.2 Å². The van der Waals surface area contributed by atoms with Gasteiger partial charge in [0.15, 0.2) is 0 Å². The molecular formula is C13H26N2. The predicted molar refractivity (Wildman–Crippen MR) is 65.0 cm³/mol. The summed E-state index contributed by atoms with van der Waals surface area (Å²) in [5, 5.41) is 3.53. The Labute approximate surface area is 94.4 Å². The maximum Gasteiger partial charge on any atom is 0.0244 e. The first-order chi connectivity index (χ1) is 7.11. The van der Waals surface area contributed by atoms with Crippen molar-refractivity contribution in [3.05, 3.63) is 0 Å². The summed E-state index contributed by atoms with van der Waals surface area (Å²) in [6, 6.07) is 0.760. The van der Waals surface area contributed by atoms with Gasteiger partial charge in [-0.3, -0.25) is 4.90 Å². The molecule has 0 spiro atoms. The summed E-state index contributed by atoms with van der Waals surface area (Å²) in [7, 11) is 0. The second-order valence-electron chi connectivity index (χ2n) is 6.15. The molecule has 2 aliphatic rings. The average Bonchev–Trinajstić information content (AvgIpc) is 2.16. The molecule has 1 saturated heterocycles. The second kappa shape index (κ2) is 4.42. The third-order valence-corrected chi connectivity index (χ3v) is 4.31. The number of nitrogens with one attached hydrogen (secondary N) is 1. The third-order valence-electron chi connectivity index (χ3n) is 4.31.